The average Bonchev–Trinajstić information content (AvgIpc) is 3.29. The highest BCUT2D eigenvalue weighted by atomic mass is 35.5. The number of carbonyl (C=O) groups is 1. The summed E-state index contributed by atoms with van der Waals surface area (Å²) in [5.41, 5.74) is 2.27. The highest BCUT2D eigenvalue weighted by molar-refractivity contribution is 6.30. The fourth-order valence-corrected chi connectivity index (χ4v) is 4.17. The van der Waals surface area contributed by atoms with Crippen LogP contribution in [0.15, 0.2) is 30.5 Å². The van der Waals surface area contributed by atoms with Crippen LogP contribution in [-0.2, 0) is 4.74 Å². The van der Waals surface area contributed by atoms with Crippen molar-refractivity contribution in [2.75, 3.05) is 32.8 Å². The van der Waals surface area contributed by atoms with Crippen LogP contribution in [0.2, 0.25) is 5.02 Å². The van der Waals surface area contributed by atoms with Crippen LogP contribution >= 0.6 is 11.6 Å². The molecule has 0 aliphatic carbocycles. The molecule has 3 heterocycles. The fraction of sp³-hybridized carbons (Fsp3) is 0.474. The first-order chi connectivity index (χ1) is 12.6. The number of H-pyrrole nitrogens is 1. The molecule has 0 bridgehead atoms. The van der Waals surface area contributed by atoms with Gasteiger partial charge in [-0.2, -0.15) is 5.10 Å². The van der Waals surface area contributed by atoms with Crippen LogP contribution in [0.4, 0.5) is 0 Å². The van der Waals surface area contributed by atoms with Crippen LogP contribution in [0.3, 0.4) is 0 Å². The molecule has 1 aromatic carbocycles. The zero-order chi connectivity index (χ0) is 18.1. The summed E-state index contributed by atoms with van der Waals surface area (Å²) in [6.45, 7) is 6.36. The van der Waals surface area contributed by atoms with Gasteiger partial charge in [-0.15, -0.1) is 0 Å². The van der Waals surface area contributed by atoms with Crippen molar-refractivity contribution >= 4 is 17.5 Å². The molecule has 138 valence electrons. The van der Waals surface area contributed by atoms with E-state index < -0.39 is 0 Å². The van der Waals surface area contributed by atoms with E-state index in [1.165, 1.54) is 0 Å². The maximum absolute atomic E-state index is 13.2. The van der Waals surface area contributed by atoms with Crippen molar-refractivity contribution in [1.82, 2.24) is 20.0 Å². The lowest BCUT2D eigenvalue weighted by Gasteiger charge is -2.35. The number of likely N-dealkylation sites (tertiary alicyclic amines) is 1. The number of halogens is 1. The third-order valence-corrected chi connectivity index (χ3v) is 5.74. The second-order valence-corrected chi connectivity index (χ2v) is 7.35. The van der Waals surface area contributed by atoms with Gasteiger partial charge < -0.3 is 9.64 Å². The van der Waals surface area contributed by atoms with Gasteiger partial charge in [0.15, 0.2) is 0 Å². The van der Waals surface area contributed by atoms with Crippen LogP contribution < -0.4 is 0 Å². The number of nitrogens with one attached hydrogen (secondary N) is 1. The molecule has 1 amide bonds. The lowest BCUT2D eigenvalue weighted by Crippen LogP contribution is -2.49. The molecule has 1 N–H and O–H groups in total. The van der Waals surface area contributed by atoms with Crippen molar-refractivity contribution in [3.05, 3.63) is 41.0 Å². The minimum Gasteiger partial charge on any atom is -0.379 e. The predicted octanol–water partition coefficient (Wildman–Crippen LogP) is 2.67. The number of benzene rings is 1. The van der Waals surface area contributed by atoms with Gasteiger partial charge in [0.05, 0.1) is 30.7 Å². The summed E-state index contributed by atoms with van der Waals surface area (Å²) in [6.07, 6.45) is 2.63. The third-order valence-electron chi connectivity index (χ3n) is 5.49. The van der Waals surface area contributed by atoms with Crippen molar-refractivity contribution in [2.45, 2.75) is 25.4 Å². The number of aromatic amines is 1. The number of rotatable bonds is 3. The van der Waals surface area contributed by atoms with Crippen LogP contribution in [-0.4, -0.2) is 70.8 Å². The van der Waals surface area contributed by atoms with E-state index >= 15 is 0 Å². The van der Waals surface area contributed by atoms with E-state index in [1.807, 2.05) is 29.2 Å². The monoisotopic (exact) mass is 374 g/mol. The van der Waals surface area contributed by atoms with E-state index in [4.69, 9.17) is 16.3 Å². The first-order valence-electron chi connectivity index (χ1n) is 9.07. The molecule has 7 heteroatoms. The number of hydrogen-bond donors (Lipinski definition) is 1. The maximum Gasteiger partial charge on any atom is 0.257 e. The normalized spacial score (nSPS) is 24.2. The number of carbonyl (C=O) groups excluding carboxylic acids is 1. The van der Waals surface area contributed by atoms with Gasteiger partial charge in [0.2, 0.25) is 0 Å². The minimum absolute atomic E-state index is 0.0342. The summed E-state index contributed by atoms with van der Waals surface area (Å²) in [7, 11) is 0. The molecule has 2 fully saturated rings. The predicted molar refractivity (Wildman–Crippen MR) is 100 cm³/mol. The zero-order valence-corrected chi connectivity index (χ0v) is 15.6. The molecular weight excluding hydrogens is 352 g/mol. The smallest absolute Gasteiger partial charge is 0.257 e. The quantitative estimate of drug-likeness (QED) is 0.897. The lowest BCUT2D eigenvalue weighted by atomic mass is 10.1. The van der Waals surface area contributed by atoms with Gasteiger partial charge >= 0.3 is 0 Å². The summed E-state index contributed by atoms with van der Waals surface area (Å²) >= 11 is 5.97. The molecular formula is C19H23ClN4O2. The van der Waals surface area contributed by atoms with Gasteiger partial charge in [-0.1, -0.05) is 23.7 Å². The van der Waals surface area contributed by atoms with Crippen molar-refractivity contribution in [1.29, 1.82) is 0 Å². The number of aromatic nitrogens is 2. The summed E-state index contributed by atoms with van der Waals surface area (Å²) in [6, 6.07) is 8.01. The highest BCUT2D eigenvalue weighted by Crippen LogP contribution is 2.29. The van der Waals surface area contributed by atoms with Crippen LogP contribution in [0.25, 0.3) is 11.3 Å². The van der Waals surface area contributed by atoms with E-state index in [1.54, 1.807) is 6.20 Å². The summed E-state index contributed by atoms with van der Waals surface area (Å²) in [5, 5.41) is 7.75. The van der Waals surface area contributed by atoms with Crippen molar-refractivity contribution in [2.24, 2.45) is 0 Å². The number of hydrogen-bond acceptors (Lipinski definition) is 4. The van der Waals surface area contributed by atoms with Crippen molar-refractivity contribution in [3.8, 4) is 11.3 Å². The minimum atomic E-state index is 0.0342. The molecule has 2 aliphatic heterocycles. The lowest BCUT2D eigenvalue weighted by molar-refractivity contribution is 0.0104. The Morgan fingerprint density at radius 1 is 1.23 bits per heavy atom. The molecule has 2 aromatic rings. The van der Waals surface area contributed by atoms with E-state index in [0.29, 0.717) is 16.6 Å². The topological polar surface area (TPSA) is 61.5 Å². The molecule has 2 saturated heterocycles. The highest BCUT2D eigenvalue weighted by Gasteiger charge is 2.38. The van der Waals surface area contributed by atoms with Crippen LogP contribution in [0, 0.1) is 0 Å². The second-order valence-electron chi connectivity index (χ2n) is 6.91. The standard InChI is InChI=1S/C19H23ClN4O2/c1-13-17(23-8-10-26-11-9-23)6-7-24(13)19(25)16-12-21-22-18(16)14-2-4-15(20)5-3-14/h2-5,12-13,17H,6-11H2,1H3,(H,21,22)/t13-,17-/m1/s1. The fourth-order valence-electron chi connectivity index (χ4n) is 4.05. The Labute approximate surface area is 158 Å². The SMILES string of the molecule is C[C@@H]1[C@H](N2CCOCC2)CCN1C(=O)c1cn[nH]c1-c1ccc(Cl)cc1. The van der Waals surface area contributed by atoms with E-state index in [0.717, 1.165) is 50.5 Å². The Morgan fingerprint density at radius 3 is 2.69 bits per heavy atom. The Kier molecular flexibility index (Phi) is 4.98. The van der Waals surface area contributed by atoms with Gasteiger partial charge in [-0.05, 0) is 25.5 Å². The van der Waals surface area contributed by atoms with Gasteiger partial charge in [-0.3, -0.25) is 14.8 Å². The van der Waals surface area contributed by atoms with Crippen molar-refractivity contribution < 1.29 is 9.53 Å². The zero-order valence-electron chi connectivity index (χ0n) is 14.8. The number of nitrogens with zero attached hydrogens (tertiary/aromatic N) is 3. The number of amides is 1. The molecule has 0 unspecified atom stereocenters. The Hall–Kier alpha value is -1.89. The number of ether oxygens (including phenoxy) is 1. The maximum atomic E-state index is 13.2. The van der Waals surface area contributed by atoms with Gasteiger partial charge in [-0.25, -0.2) is 0 Å². The summed E-state index contributed by atoms with van der Waals surface area (Å²) < 4.78 is 5.46. The molecule has 2 aliphatic rings. The van der Waals surface area contributed by atoms with Gasteiger partial charge in [0.1, 0.15) is 0 Å². The molecule has 0 radical (unpaired) electrons. The Bertz CT molecular complexity index is 770. The molecule has 26 heavy (non-hydrogen) atoms. The average molecular weight is 375 g/mol. The molecule has 4 rings (SSSR count). The van der Waals surface area contributed by atoms with Crippen LogP contribution in [0.1, 0.15) is 23.7 Å². The third kappa shape index (κ3) is 3.24. The summed E-state index contributed by atoms with van der Waals surface area (Å²) in [5.74, 6) is 0.0342. The summed E-state index contributed by atoms with van der Waals surface area (Å²) in [4.78, 5) is 17.6. The first-order valence-corrected chi connectivity index (χ1v) is 9.45. The van der Waals surface area contributed by atoms with E-state index in [2.05, 4.69) is 22.0 Å². The molecule has 6 nitrogen and oxygen atoms in total. The van der Waals surface area contributed by atoms with Gasteiger partial charge in [0, 0.05) is 42.3 Å². The second kappa shape index (κ2) is 7.39. The van der Waals surface area contributed by atoms with Crippen LogP contribution in [0.5, 0.6) is 0 Å². The first kappa shape index (κ1) is 17.5. The largest absolute Gasteiger partial charge is 0.379 e. The van der Waals surface area contributed by atoms with E-state index in [-0.39, 0.29) is 11.9 Å². The molecule has 2 atom stereocenters. The Morgan fingerprint density at radius 2 is 1.96 bits per heavy atom. The Balaban J connectivity index is 1.53. The number of morpholine rings is 1. The molecule has 0 saturated carbocycles. The van der Waals surface area contributed by atoms with Crippen molar-refractivity contribution in [3.63, 3.8) is 0 Å². The van der Waals surface area contributed by atoms with E-state index in [9.17, 15) is 4.79 Å². The molecule has 1 aromatic heterocycles. The van der Waals surface area contributed by atoms with Gasteiger partial charge in [0.25, 0.3) is 5.91 Å². The molecule has 0 spiro atoms.